The first-order valence-electron chi connectivity index (χ1n) is 3.05. The van der Waals surface area contributed by atoms with Gasteiger partial charge in [0.25, 0.3) is 6.47 Å². The molecule has 0 radical (unpaired) electrons. The highest BCUT2D eigenvalue weighted by molar-refractivity contribution is 7.14. The molecule has 0 saturated carbocycles. The number of thiophene rings is 1. The number of halogens is 1. The molecule has 0 bridgehead atoms. The minimum absolute atomic E-state index is 0.431. The van der Waals surface area contributed by atoms with Crippen molar-refractivity contribution in [3.63, 3.8) is 0 Å². The van der Waals surface area contributed by atoms with Crippen molar-refractivity contribution < 1.29 is 9.53 Å². The van der Waals surface area contributed by atoms with Gasteiger partial charge < -0.3 is 4.74 Å². The van der Waals surface area contributed by atoms with Crippen molar-refractivity contribution in [2.75, 3.05) is 6.61 Å². The van der Waals surface area contributed by atoms with E-state index in [1.54, 1.807) is 18.3 Å². The van der Waals surface area contributed by atoms with Crippen LogP contribution in [-0.2, 0) is 9.53 Å². The second-order valence-corrected chi connectivity index (χ2v) is 3.05. The van der Waals surface area contributed by atoms with Crippen LogP contribution in [0.25, 0.3) is 0 Å². The molecule has 1 aromatic rings. The maximum atomic E-state index is 9.18. The minimum atomic E-state index is 0.431. The molecule has 0 spiro atoms. The Labute approximate surface area is 74.8 Å². The van der Waals surface area contributed by atoms with E-state index in [0.29, 0.717) is 13.1 Å². The Bertz CT molecular complexity index is 175. The number of carbonyl (C=O) groups excluding carboxylic acids is 1. The van der Waals surface area contributed by atoms with Crippen LogP contribution in [0.2, 0.25) is 4.34 Å². The minimum Gasteiger partial charge on any atom is -0.468 e. The molecule has 11 heavy (non-hydrogen) atoms. The third-order valence-electron chi connectivity index (χ3n) is 0.721. The maximum absolute atomic E-state index is 9.18. The molecule has 0 aromatic carbocycles. The van der Waals surface area contributed by atoms with E-state index < -0.39 is 0 Å². The molecule has 62 valence electrons. The topological polar surface area (TPSA) is 26.3 Å². The average Bonchev–Trinajstić information content (AvgIpc) is 2.43. The molecule has 0 aliphatic heterocycles. The summed E-state index contributed by atoms with van der Waals surface area (Å²) >= 11 is 7.02. The van der Waals surface area contributed by atoms with Crippen LogP contribution in [-0.4, -0.2) is 13.1 Å². The molecule has 0 amide bonds. The van der Waals surface area contributed by atoms with Gasteiger partial charge >= 0.3 is 0 Å². The summed E-state index contributed by atoms with van der Waals surface area (Å²) < 4.78 is 5.01. The van der Waals surface area contributed by atoms with Gasteiger partial charge in [0.15, 0.2) is 0 Å². The highest BCUT2D eigenvalue weighted by atomic mass is 35.5. The van der Waals surface area contributed by atoms with Crippen LogP contribution in [0.5, 0.6) is 0 Å². The first kappa shape index (κ1) is 10.5. The summed E-state index contributed by atoms with van der Waals surface area (Å²) in [6.07, 6.45) is 0. The molecule has 1 heterocycles. The van der Waals surface area contributed by atoms with E-state index in [1.165, 1.54) is 0 Å². The summed E-state index contributed by atoms with van der Waals surface area (Å²) in [5, 5.41) is 1.95. The monoisotopic (exact) mass is 192 g/mol. The molecular formula is C7H9ClO2S. The molecule has 0 aliphatic rings. The Morgan fingerprint density at radius 1 is 1.82 bits per heavy atom. The van der Waals surface area contributed by atoms with E-state index >= 15 is 0 Å². The zero-order valence-electron chi connectivity index (χ0n) is 6.12. The third-order valence-corrected chi connectivity index (χ3v) is 1.77. The zero-order chi connectivity index (χ0) is 8.53. The van der Waals surface area contributed by atoms with Gasteiger partial charge in [-0.25, -0.2) is 0 Å². The van der Waals surface area contributed by atoms with E-state index in [0.717, 1.165) is 4.34 Å². The maximum Gasteiger partial charge on any atom is 0.293 e. The number of hydrogen-bond donors (Lipinski definition) is 0. The molecule has 0 unspecified atom stereocenters. The van der Waals surface area contributed by atoms with Crippen molar-refractivity contribution >= 4 is 29.4 Å². The van der Waals surface area contributed by atoms with Crippen molar-refractivity contribution in [2.24, 2.45) is 0 Å². The lowest BCUT2D eigenvalue weighted by atomic mass is 10.7. The Balaban J connectivity index is 0.000000187. The smallest absolute Gasteiger partial charge is 0.293 e. The fraction of sp³-hybridized carbons (Fsp3) is 0.286. The molecule has 0 aliphatic carbocycles. The molecule has 1 rings (SSSR count). The first-order valence-corrected chi connectivity index (χ1v) is 4.31. The van der Waals surface area contributed by atoms with Gasteiger partial charge in [0, 0.05) is 0 Å². The molecular weight excluding hydrogens is 184 g/mol. The first-order chi connectivity index (χ1) is 5.31. The van der Waals surface area contributed by atoms with Crippen LogP contribution >= 0.6 is 22.9 Å². The Hall–Kier alpha value is -0.540. The SMILES string of the molecule is CCOC=O.Clc1cccs1. The predicted molar refractivity (Wildman–Crippen MR) is 47.0 cm³/mol. The van der Waals surface area contributed by atoms with Gasteiger partial charge in [-0.05, 0) is 24.4 Å². The molecule has 2 nitrogen and oxygen atoms in total. The molecule has 1 aromatic heterocycles. The third kappa shape index (κ3) is 7.36. The van der Waals surface area contributed by atoms with E-state index in [4.69, 9.17) is 11.6 Å². The van der Waals surface area contributed by atoms with Gasteiger partial charge in [-0.1, -0.05) is 11.6 Å². The summed E-state index contributed by atoms with van der Waals surface area (Å²) in [6.45, 7) is 2.66. The van der Waals surface area contributed by atoms with Crippen LogP contribution in [0.1, 0.15) is 6.92 Å². The predicted octanol–water partition coefficient (Wildman–Crippen LogP) is 2.58. The molecule has 0 saturated heterocycles. The Morgan fingerprint density at radius 3 is 2.64 bits per heavy atom. The Morgan fingerprint density at radius 2 is 2.55 bits per heavy atom. The van der Waals surface area contributed by atoms with E-state index in [9.17, 15) is 4.79 Å². The highest BCUT2D eigenvalue weighted by Crippen LogP contribution is 2.13. The number of rotatable bonds is 2. The Kier molecular flexibility index (Phi) is 7.19. The van der Waals surface area contributed by atoms with E-state index in [1.807, 2.05) is 17.5 Å². The van der Waals surface area contributed by atoms with Crippen LogP contribution in [0.4, 0.5) is 0 Å². The molecule has 0 atom stereocenters. The highest BCUT2D eigenvalue weighted by Gasteiger charge is 1.77. The second-order valence-electron chi connectivity index (χ2n) is 1.47. The number of hydrogen-bond acceptors (Lipinski definition) is 3. The van der Waals surface area contributed by atoms with Crippen LogP contribution in [0.3, 0.4) is 0 Å². The second kappa shape index (κ2) is 7.57. The largest absolute Gasteiger partial charge is 0.468 e. The van der Waals surface area contributed by atoms with Crippen LogP contribution in [0.15, 0.2) is 17.5 Å². The normalized spacial score (nSPS) is 7.82. The van der Waals surface area contributed by atoms with Gasteiger partial charge in [-0.3, -0.25) is 4.79 Å². The van der Waals surface area contributed by atoms with Gasteiger partial charge in [0.1, 0.15) is 0 Å². The molecule has 0 N–H and O–H groups in total. The van der Waals surface area contributed by atoms with Crippen molar-refractivity contribution in [3.05, 3.63) is 21.8 Å². The van der Waals surface area contributed by atoms with Crippen molar-refractivity contribution in [1.29, 1.82) is 0 Å². The van der Waals surface area contributed by atoms with Crippen LogP contribution < -0.4 is 0 Å². The zero-order valence-corrected chi connectivity index (χ0v) is 7.69. The fourth-order valence-electron chi connectivity index (χ4n) is 0.327. The lowest BCUT2D eigenvalue weighted by Gasteiger charge is -1.79. The van der Waals surface area contributed by atoms with Crippen molar-refractivity contribution in [2.45, 2.75) is 6.92 Å². The van der Waals surface area contributed by atoms with Gasteiger partial charge in [0.05, 0.1) is 10.9 Å². The summed E-state index contributed by atoms with van der Waals surface area (Å²) in [5.74, 6) is 0. The van der Waals surface area contributed by atoms with Crippen molar-refractivity contribution in [3.8, 4) is 0 Å². The molecule has 0 fully saturated rings. The van der Waals surface area contributed by atoms with Gasteiger partial charge in [-0.15, -0.1) is 11.3 Å². The standard InChI is InChI=1S/C4H3ClS.C3H6O2/c5-4-2-1-3-6-4;1-2-5-3-4/h1-3H;3H,2H2,1H3. The van der Waals surface area contributed by atoms with E-state index in [2.05, 4.69) is 4.74 Å². The summed E-state index contributed by atoms with van der Waals surface area (Å²) in [6, 6.07) is 3.79. The average molecular weight is 193 g/mol. The number of ether oxygens (including phenoxy) is 1. The summed E-state index contributed by atoms with van der Waals surface area (Å²) in [4.78, 5) is 9.18. The lowest BCUT2D eigenvalue weighted by molar-refractivity contribution is -0.128. The lowest BCUT2D eigenvalue weighted by Crippen LogP contribution is -1.80. The van der Waals surface area contributed by atoms with Crippen LogP contribution in [0, 0.1) is 0 Å². The fourth-order valence-corrected chi connectivity index (χ4v) is 0.998. The van der Waals surface area contributed by atoms with E-state index in [-0.39, 0.29) is 0 Å². The summed E-state index contributed by atoms with van der Waals surface area (Å²) in [5.41, 5.74) is 0. The summed E-state index contributed by atoms with van der Waals surface area (Å²) in [7, 11) is 0. The quantitative estimate of drug-likeness (QED) is 0.674. The number of carbonyl (C=O) groups is 1. The molecule has 4 heteroatoms. The van der Waals surface area contributed by atoms with Crippen molar-refractivity contribution in [1.82, 2.24) is 0 Å². The van der Waals surface area contributed by atoms with Gasteiger partial charge in [0.2, 0.25) is 0 Å². The van der Waals surface area contributed by atoms with Gasteiger partial charge in [-0.2, -0.15) is 0 Å².